The summed E-state index contributed by atoms with van der Waals surface area (Å²) in [6.45, 7) is 2.21. The van der Waals surface area contributed by atoms with Crippen molar-refractivity contribution in [1.29, 1.82) is 0 Å². The molecule has 9 heteroatoms. The van der Waals surface area contributed by atoms with Gasteiger partial charge in [-0.25, -0.2) is 15.0 Å². The van der Waals surface area contributed by atoms with E-state index >= 15 is 0 Å². The number of halogens is 3. The number of alkyl halides is 3. The third-order valence-electron chi connectivity index (χ3n) is 4.87. The minimum atomic E-state index is -4.54. The van der Waals surface area contributed by atoms with E-state index in [0.717, 1.165) is 18.2 Å². The van der Waals surface area contributed by atoms with Gasteiger partial charge in [-0.2, -0.15) is 13.2 Å². The summed E-state index contributed by atoms with van der Waals surface area (Å²) in [5.74, 6) is 0.818. The van der Waals surface area contributed by atoms with Gasteiger partial charge in [-0.3, -0.25) is 4.98 Å². The summed E-state index contributed by atoms with van der Waals surface area (Å²) in [7, 11) is 1.52. The van der Waals surface area contributed by atoms with Crippen molar-refractivity contribution in [2.45, 2.75) is 26.1 Å². The van der Waals surface area contributed by atoms with E-state index in [1.54, 1.807) is 0 Å². The van der Waals surface area contributed by atoms with Crippen molar-refractivity contribution in [3.63, 3.8) is 0 Å². The molecule has 6 nitrogen and oxygen atoms in total. The Hall–Kier alpha value is -3.59. The molecular weight excluding hydrogens is 419 g/mol. The third-order valence-corrected chi connectivity index (χ3v) is 4.87. The number of pyridine rings is 2. The SMILES string of the molecule is CCc1ccc(Nc2nc(COC)nc3cc(-c4ncccc4C(F)(F)F)cnc23)cc1. The Morgan fingerprint density at radius 2 is 1.81 bits per heavy atom. The van der Waals surface area contributed by atoms with Crippen molar-refractivity contribution in [2.75, 3.05) is 12.4 Å². The minimum absolute atomic E-state index is 0.140. The zero-order valence-electron chi connectivity index (χ0n) is 17.4. The summed E-state index contributed by atoms with van der Waals surface area (Å²) in [6.07, 6.45) is -0.946. The molecule has 0 aliphatic heterocycles. The highest BCUT2D eigenvalue weighted by Gasteiger charge is 2.34. The molecule has 0 bridgehead atoms. The topological polar surface area (TPSA) is 72.8 Å². The molecule has 32 heavy (non-hydrogen) atoms. The molecule has 0 aliphatic carbocycles. The maximum atomic E-state index is 13.5. The van der Waals surface area contributed by atoms with Crippen LogP contribution in [0, 0.1) is 0 Å². The molecule has 4 aromatic rings. The van der Waals surface area contributed by atoms with Crippen LogP contribution in [0.4, 0.5) is 24.7 Å². The minimum Gasteiger partial charge on any atom is -0.377 e. The van der Waals surface area contributed by atoms with Gasteiger partial charge in [-0.05, 0) is 42.3 Å². The van der Waals surface area contributed by atoms with E-state index < -0.39 is 11.7 Å². The number of fused-ring (bicyclic) bond motifs is 1. The number of aryl methyl sites for hydroxylation is 1. The average molecular weight is 439 g/mol. The number of rotatable bonds is 6. The molecule has 164 valence electrons. The van der Waals surface area contributed by atoms with Crippen LogP contribution in [0.2, 0.25) is 0 Å². The quantitative estimate of drug-likeness (QED) is 0.424. The molecule has 0 atom stereocenters. The zero-order chi connectivity index (χ0) is 22.7. The predicted octanol–water partition coefficient (Wildman–Crippen LogP) is 5.56. The highest BCUT2D eigenvalue weighted by atomic mass is 19.4. The van der Waals surface area contributed by atoms with Crippen LogP contribution in [-0.4, -0.2) is 27.0 Å². The molecule has 0 aliphatic rings. The number of nitrogens with zero attached hydrogens (tertiary/aromatic N) is 4. The summed E-state index contributed by atoms with van der Waals surface area (Å²) < 4.78 is 45.5. The van der Waals surface area contributed by atoms with Gasteiger partial charge in [0.25, 0.3) is 0 Å². The van der Waals surface area contributed by atoms with Gasteiger partial charge in [-0.1, -0.05) is 19.1 Å². The molecule has 0 saturated carbocycles. The van der Waals surface area contributed by atoms with Gasteiger partial charge in [0.15, 0.2) is 11.6 Å². The van der Waals surface area contributed by atoms with Crippen molar-refractivity contribution in [3.8, 4) is 11.3 Å². The zero-order valence-corrected chi connectivity index (χ0v) is 17.4. The number of nitrogens with one attached hydrogen (secondary N) is 1. The largest absolute Gasteiger partial charge is 0.418 e. The number of anilines is 2. The van der Waals surface area contributed by atoms with Crippen LogP contribution < -0.4 is 5.32 Å². The second-order valence-corrected chi connectivity index (χ2v) is 7.09. The highest BCUT2D eigenvalue weighted by molar-refractivity contribution is 5.89. The predicted molar refractivity (Wildman–Crippen MR) is 115 cm³/mol. The van der Waals surface area contributed by atoms with Gasteiger partial charge in [0, 0.05) is 30.8 Å². The molecule has 0 saturated heterocycles. The summed E-state index contributed by atoms with van der Waals surface area (Å²) in [4.78, 5) is 17.2. The van der Waals surface area contributed by atoms with Crippen molar-refractivity contribution in [3.05, 3.63) is 71.8 Å². The Labute approximate surface area is 182 Å². The summed E-state index contributed by atoms with van der Waals surface area (Å²) in [5, 5.41) is 3.23. The van der Waals surface area contributed by atoms with Crippen molar-refractivity contribution in [2.24, 2.45) is 0 Å². The maximum absolute atomic E-state index is 13.5. The lowest BCUT2D eigenvalue weighted by Gasteiger charge is -2.13. The van der Waals surface area contributed by atoms with E-state index in [1.165, 1.54) is 37.2 Å². The van der Waals surface area contributed by atoms with Crippen LogP contribution >= 0.6 is 0 Å². The number of aromatic nitrogens is 4. The lowest BCUT2D eigenvalue weighted by molar-refractivity contribution is -0.137. The molecule has 1 N–H and O–H groups in total. The first-order chi connectivity index (χ1) is 15.4. The molecule has 4 rings (SSSR count). The molecule has 0 fully saturated rings. The van der Waals surface area contributed by atoms with Gasteiger partial charge in [0.2, 0.25) is 0 Å². The van der Waals surface area contributed by atoms with E-state index in [9.17, 15) is 13.2 Å². The standard InChI is InChI=1S/C23H20F3N5O/c1-3-14-6-8-16(9-7-14)29-22-21-18(30-19(31-22)13-32-2)11-15(12-28-21)20-17(23(24,25)26)5-4-10-27-20/h4-12H,3,13H2,1-2H3,(H,29,30,31). The van der Waals surface area contributed by atoms with E-state index in [4.69, 9.17) is 4.74 Å². The lowest BCUT2D eigenvalue weighted by atomic mass is 10.1. The molecule has 0 spiro atoms. The number of hydrogen-bond donors (Lipinski definition) is 1. The Morgan fingerprint density at radius 1 is 1.03 bits per heavy atom. The maximum Gasteiger partial charge on any atom is 0.418 e. The van der Waals surface area contributed by atoms with E-state index in [2.05, 4.69) is 32.2 Å². The Balaban J connectivity index is 1.81. The fraction of sp³-hybridized carbons (Fsp3) is 0.217. The molecule has 0 unspecified atom stereocenters. The first kappa shape index (κ1) is 21.6. The van der Waals surface area contributed by atoms with Gasteiger partial charge in [0.05, 0.1) is 16.8 Å². The molecule has 1 aromatic carbocycles. The van der Waals surface area contributed by atoms with Crippen LogP contribution in [0.3, 0.4) is 0 Å². The molecule has 0 radical (unpaired) electrons. The summed E-state index contributed by atoms with van der Waals surface area (Å²) in [6, 6.07) is 11.7. The number of methoxy groups -OCH3 is 1. The first-order valence-electron chi connectivity index (χ1n) is 9.93. The van der Waals surface area contributed by atoms with Crippen LogP contribution in [0.15, 0.2) is 54.9 Å². The normalized spacial score (nSPS) is 11.7. The summed E-state index contributed by atoms with van der Waals surface area (Å²) >= 11 is 0. The van der Waals surface area contributed by atoms with Crippen molar-refractivity contribution >= 4 is 22.5 Å². The highest BCUT2D eigenvalue weighted by Crippen LogP contribution is 2.36. The second-order valence-electron chi connectivity index (χ2n) is 7.09. The Morgan fingerprint density at radius 3 is 2.50 bits per heavy atom. The van der Waals surface area contributed by atoms with Gasteiger partial charge >= 0.3 is 6.18 Å². The second kappa shape index (κ2) is 8.88. The fourth-order valence-electron chi connectivity index (χ4n) is 3.30. The number of hydrogen-bond acceptors (Lipinski definition) is 6. The van der Waals surface area contributed by atoms with Crippen molar-refractivity contribution in [1.82, 2.24) is 19.9 Å². The summed E-state index contributed by atoms with van der Waals surface area (Å²) in [5.41, 5.74) is 1.99. The fourth-order valence-corrected chi connectivity index (χ4v) is 3.30. The monoisotopic (exact) mass is 439 g/mol. The first-order valence-corrected chi connectivity index (χ1v) is 9.93. The molecule has 3 heterocycles. The van der Waals surface area contributed by atoms with E-state index in [1.807, 2.05) is 24.3 Å². The van der Waals surface area contributed by atoms with Gasteiger partial charge in [-0.15, -0.1) is 0 Å². The average Bonchev–Trinajstić information content (AvgIpc) is 2.79. The third kappa shape index (κ3) is 4.52. The Kier molecular flexibility index (Phi) is 6.00. The molecular formula is C23H20F3N5O. The van der Waals surface area contributed by atoms with E-state index in [-0.39, 0.29) is 17.9 Å². The Bertz CT molecular complexity index is 1240. The van der Waals surface area contributed by atoms with Crippen molar-refractivity contribution < 1.29 is 17.9 Å². The van der Waals surface area contributed by atoms with E-state index in [0.29, 0.717) is 22.7 Å². The van der Waals surface area contributed by atoms with Gasteiger partial charge in [0.1, 0.15) is 12.1 Å². The molecule has 0 amide bonds. The van der Waals surface area contributed by atoms with Crippen LogP contribution in [-0.2, 0) is 23.9 Å². The lowest BCUT2D eigenvalue weighted by Crippen LogP contribution is -2.08. The molecule has 3 aromatic heterocycles. The number of ether oxygens (including phenoxy) is 1. The smallest absolute Gasteiger partial charge is 0.377 e. The van der Waals surface area contributed by atoms with Gasteiger partial charge < -0.3 is 10.1 Å². The van der Waals surface area contributed by atoms with Crippen LogP contribution in [0.1, 0.15) is 23.9 Å². The van der Waals surface area contributed by atoms with Crippen LogP contribution in [0.5, 0.6) is 0 Å². The van der Waals surface area contributed by atoms with Crippen LogP contribution in [0.25, 0.3) is 22.3 Å². The number of benzene rings is 1.